The van der Waals surface area contributed by atoms with Crippen LogP contribution < -0.4 is 10.1 Å². The fourth-order valence-corrected chi connectivity index (χ4v) is 2.45. The molecule has 0 aliphatic heterocycles. The summed E-state index contributed by atoms with van der Waals surface area (Å²) in [5, 5.41) is 11.7. The van der Waals surface area contributed by atoms with Crippen molar-refractivity contribution in [3.05, 3.63) is 64.4 Å². The molecule has 1 amide bonds. The van der Waals surface area contributed by atoms with Gasteiger partial charge in [-0.3, -0.25) is 4.79 Å². The number of ether oxygens (including phenoxy) is 2. The lowest BCUT2D eigenvalue weighted by molar-refractivity contribution is -0.148. The Balaban J connectivity index is 2.03. The number of nitrogens with zero attached hydrogens (tertiary/aromatic N) is 1. The van der Waals surface area contributed by atoms with Gasteiger partial charge in [0.2, 0.25) is 0 Å². The third kappa shape index (κ3) is 6.33. The van der Waals surface area contributed by atoms with Crippen LogP contribution in [0.5, 0.6) is 5.75 Å². The Labute approximate surface area is 172 Å². The zero-order chi connectivity index (χ0) is 21.4. The number of nitrogens with one attached hydrogen (secondary N) is 1. The van der Waals surface area contributed by atoms with E-state index in [1.165, 1.54) is 19.1 Å². The highest BCUT2D eigenvalue weighted by molar-refractivity contribution is 6.33. The number of esters is 1. The maximum atomic E-state index is 13.1. The van der Waals surface area contributed by atoms with Gasteiger partial charge in [-0.2, -0.15) is 5.26 Å². The minimum absolute atomic E-state index is 0.00462. The minimum atomic E-state index is -1.21. The molecule has 6 nitrogen and oxygen atoms in total. The van der Waals surface area contributed by atoms with Crippen molar-refractivity contribution in [1.29, 1.82) is 5.26 Å². The van der Waals surface area contributed by atoms with E-state index in [1.54, 1.807) is 30.3 Å². The molecule has 2 aromatic carbocycles. The number of amides is 1. The number of hydrogen-bond donors (Lipinski definition) is 1. The summed E-state index contributed by atoms with van der Waals surface area (Å²) in [6, 6.07) is 12.0. The average Bonchev–Trinajstić information content (AvgIpc) is 2.69. The largest absolute Gasteiger partial charge is 0.494 e. The maximum Gasteiger partial charge on any atom is 0.349 e. The first-order chi connectivity index (χ1) is 13.8. The standard InChI is InChI=1S/C21H18ClFN2O4/c1-3-28-17-7-4-14(5-8-17)10-15(12-24)21(27)29-13(2)20(26)25-19-9-6-16(23)11-18(19)22/h4-11,13H,3H2,1-2H3,(H,25,26)/b15-10+/t13-/m1/s1. The van der Waals surface area contributed by atoms with Crippen molar-refractivity contribution in [3.63, 3.8) is 0 Å². The summed E-state index contributed by atoms with van der Waals surface area (Å²) in [6.45, 7) is 3.73. The second-order valence-electron chi connectivity index (χ2n) is 5.83. The van der Waals surface area contributed by atoms with Gasteiger partial charge in [-0.1, -0.05) is 23.7 Å². The van der Waals surface area contributed by atoms with Gasteiger partial charge in [0.05, 0.1) is 17.3 Å². The number of nitriles is 1. The Hall–Kier alpha value is -3.37. The number of carbonyl (C=O) groups excluding carboxylic acids is 2. The Bertz CT molecular complexity index is 968. The number of hydrogen-bond acceptors (Lipinski definition) is 5. The van der Waals surface area contributed by atoms with Crippen molar-refractivity contribution in [2.75, 3.05) is 11.9 Å². The summed E-state index contributed by atoms with van der Waals surface area (Å²) in [6.07, 6.45) is 0.139. The van der Waals surface area contributed by atoms with Crippen LogP contribution in [0.2, 0.25) is 5.02 Å². The predicted molar refractivity (Wildman–Crippen MR) is 107 cm³/mol. The molecule has 1 atom stereocenters. The first kappa shape index (κ1) is 21.9. The molecular weight excluding hydrogens is 399 g/mol. The third-order valence-corrected chi connectivity index (χ3v) is 4.00. The van der Waals surface area contributed by atoms with Crippen LogP contribution in [0.3, 0.4) is 0 Å². The van der Waals surface area contributed by atoms with Gasteiger partial charge in [0, 0.05) is 0 Å². The van der Waals surface area contributed by atoms with E-state index in [4.69, 9.17) is 21.1 Å². The molecule has 0 spiro atoms. The zero-order valence-electron chi connectivity index (χ0n) is 15.7. The van der Waals surface area contributed by atoms with Gasteiger partial charge in [-0.05, 0) is 55.8 Å². The van der Waals surface area contributed by atoms with Crippen LogP contribution in [0.25, 0.3) is 6.08 Å². The summed E-state index contributed by atoms with van der Waals surface area (Å²) in [4.78, 5) is 24.4. The van der Waals surface area contributed by atoms with E-state index >= 15 is 0 Å². The second kappa shape index (κ2) is 10.2. The topological polar surface area (TPSA) is 88.4 Å². The molecule has 2 rings (SSSR count). The predicted octanol–water partition coefficient (Wildman–Crippen LogP) is 4.36. The molecule has 2 aromatic rings. The monoisotopic (exact) mass is 416 g/mol. The molecule has 0 aliphatic carbocycles. The molecule has 1 N–H and O–H groups in total. The summed E-state index contributed by atoms with van der Waals surface area (Å²) < 4.78 is 23.5. The van der Waals surface area contributed by atoms with Crippen molar-refractivity contribution in [2.45, 2.75) is 20.0 Å². The van der Waals surface area contributed by atoms with Crippen molar-refractivity contribution < 1.29 is 23.5 Å². The van der Waals surface area contributed by atoms with E-state index in [9.17, 15) is 19.2 Å². The van der Waals surface area contributed by atoms with Gasteiger partial charge in [0.25, 0.3) is 5.91 Å². The van der Waals surface area contributed by atoms with Crippen LogP contribution in [-0.4, -0.2) is 24.6 Å². The first-order valence-corrected chi connectivity index (χ1v) is 9.03. The zero-order valence-corrected chi connectivity index (χ0v) is 16.5. The molecular formula is C21H18ClFN2O4. The van der Waals surface area contributed by atoms with E-state index in [0.717, 1.165) is 12.1 Å². The highest BCUT2D eigenvalue weighted by Crippen LogP contribution is 2.23. The van der Waals surface area contributed by atoms with Crippen molar-refractivity contribution in [1.82, 2.24) is 0 Å². The summed E-state index contributed by atoms with van der Waals surface area (Å²) in [5.41, 5.74) is 0.497. The number of anilines is 1. The van der Waals surface area contributed by atoms with E-state index < -0.39 is 23.8 Å². The highest BCUT2D eigenvalue weighted by Gasteiger charge is 2.21. The van der Waals surface area contributed by atoms with Crippen LogP contribution in [-0.2, 0) is 14.3 Å². The summed E-state index contributed by atoms with van der Waals surface area (Å²) in [5.74, 6) is -1.51. The lowest BCUT2D eigenvalue weighted by Gasteiger charge is -2.14. The molecule has 29 heavy (non-hydrogen) atoms. The Kier molecular flexibility index (Phi) is 7.75. The molecule has 0 fully saturated rings. The molecule has 0 radical (unpaired) electrons. The number of benzene rings is 2. The van der Waals surface area contributed by atoms with Crippen LogP contribution in [0.4, 0.5) is 10.1 Å². The van der Waals surface area contributed by atoms with Crippen molar-refractivity contribution >= 4 is 35.2 Å². The van der Waals surface area contributed by atoms with Gasteiger partial charge in [-0.15, -0.1) is 0 Å². The van der Waals surface area contributed by atoms with Crippen molar-refractivity contribution in [2.24, 2.45) is 0 Å². The van der Waals surface area contributed by atoms with Gasteiger partial charge in [-0.25, -0.2) is 9.18 Å². The number of halogens is 2. The normalized spacial score (nSPS) is 11.9. The summed E-state index contributed by atoms with van der Waals surface area (Å²) >= 11 is 5.85. The Morgan fingerprint density at radius 2 is 1.97 bits per heavy atom. The lowest BCUT2D eigenvalue weighted by atomic mass is 10.1. The molecule has 8 heteroatoms. The van der Waals surface area contributed by atoms with Crippen molar-refractivity contribution in [3.8, 4) is 11.8 Å². The van der Waals surface area contributed by atoms with Crippen LogP contribution >= 0.6 is 11.6 Å². The van der Waals surface area contributed by atoms with Crippen LogP contribution in [0, 0.1) is 17.1 Å². The SMILES string of the molecule is CCOc1ccc(/C=C(\C#N)C(=O)O[C@H](C)C(=O)Nc2ccc(F)cc2Cl)cc1. The van der Waals surface area contributed by atoms with E-state index in [0.29, 0.717) is 17.9 Å². The van der Waals surface area contributed by atoms with Gasteiger partial charge in [0.1, 0.15) is 23.2 Å². The fraction of sp³-hybridized carbons (Fsp3) is 0.190. The minimum Gasteiger partial charge on any atom is -0.494 e. The second-order valence-corrected chi connectivity index (χ2v) is 6.24. The third-order valence-electron chi connectivity index (χ3n) is 3.68. The molecule has 0 saturated heterocycles. The van der Waals surface area contributed by atoms with E-state index in [2.05, 4.69) is 5.32 Å². The molecule has 150 valence electrons. The van der Waals surface area contributed by atoms with Gasteiger partial charge < -0.3 is 14.8 Å². The number of carbonyl (C=O) groups is 2. The molecule has 0 bridgehead atoms. The molecule has 0 heterocycles. The maximum absolute atomic E-state index is 13.1. The van der Waals surface area contributed by atoms with Crippen LogP contribution in [0.1, 0.15) is 19.4 Å². The first-order valence-electron chi connectivity index (χ1n) is 8.65. The summed E-state index contributed by atoms with van der Waals surface area (Å²) in [7, 11) is 0. The van der Waals surface area contributed by atoms with Gasteiger partial charge in [0.15, 0.2) is 6.10 Å². The van der Waals surface area contributed by atoms with E-state index in [1.807, 2.05) is 6.92 Å². The molecule has 0 aromatic heterocycles. The Morgan fingerprint density at radius 3 is 2.55 bits per heavy atom. The van der Waals surface area contributed by atoms with E-state index in [-0.39, 0.29) is 16.3 Å². The Morgan fingerprint density at radius 1 is 1.28 bits per heavy atom. The smallest absolute Gasteiger partial charge is 0.349 e. The molecule has 0 saturated carbocycles. The quantitative estimate of drug-likeness (QED) is 0.411. The number of rotatable bonds is 7. The van der Waals surface area contributed by atoms with Crippen LogP contribution in [0.15, 0.2) is 48.0 Å². The van der Waals surface area contributed by atoms with Gasteiger partial charge >= 0.3 is 5.97 Å². The molecule has 0 aliphatic rings. The highest BCUT2D eigenvalue weighted by atomic mass is 35.5. The lowest BCUT2D eigenvalue weighted by Crippen LogP contribution is -2.30. The fourth-order valence-electron chi connectivity index (χ4n) is 2.23. The molecule has 0 unspecified atom stereocenters. The average molecular weight is 417 g/mol.